The van der Waals surface area contributed by atoms with Gasteiger partial charge < -0.3 is 0 Å². The van der Waals surface area contributed by atoms with Crippen LogP contribution in [0.2, 0.25) is 10.0 Å². The highest BCUT2D eigenvalue weighted by Gasteiger charge is 2.30. The predicted molar refractivity (Wildman–Crippen MR) is 95.9 cm³/mol. The Labute approximate surface area is 146 Å². The molecule has 0 aliphatic heterocycles. The fourth-order valence-electron chi connectivity index (χ4n) is 2.24. The Hall–Kier alpha value is -0.0200. The molecular weight excluding hydrogens is 423 g/mol. The molecule has 4 heteroatoms. The van der Waals surface area contributed by atoms with Crippen LogP contribution in [0.4, 0.5) is 0 Å². The van der Waals surface area contributed by atoms with Gasteiger partial charge in [-0.1, -0.05) is 79.3 Å². The number of alkyl halides is 2. The maximum absolute atomic E-state index is 6.14. The molecule has 0 N–H and O–H groups in total. The first-order chi connectivity index (χ1) is 9.59. The van der Waals surface area contributed by atoms with Gasteiger partial charge in [0, 0.05) is 26.1 Å². The monoisotopic (exact) mass is 434 g/mol. The van der Waals surface area contributed by atoms with E-state index in [0.29, 0.717) is 0 Å². The number of benzene rings is 2. The summed E-state index contributed by atoms with van der Waals surface area (Å²) < 4.78 is 0. The lowest BCUT2D eigenvalue weighted by molar-refractivity contribution is 0.551. The van der Waals surface area contributed by atoms with Gasteiger partial charge in [-0.05, 0) is 41.8 Å². The van der Waals surface area contributed by atoms with Crippen molar-refractivity contribution in [3.63, 3.8) is 0 Å². The van der Waals surface area contributed by atoms with Crippen LogP contribution in [0, 0.1) is 0 Å². The van der Waals surface area contributed by atoms with Crippen molar-refractivity contribution in [1.29, 1.82) is 0 Å². The molecular formula is C16H14Br2Cl2. The number of halogens is 4. The van der Waals surface area contributed by atoms with Gasteiger partial charge in [0.2, 0.25) is 0 Å². The topological polar surface area (TPSA) is 0 Å². The van der Waals surface area contributed by atoms with Crippen molar-refractivity contribution in [3.8, 4) is 0 Å². The summed E-state index contributed by atoms with van der Waals surface area (Å²) in [6.45, 7) is 0. The highest BCUT2D eigenvalue weighted by Crippen LogP contribution is 2.34. The van der Waals surface area contributed by atoms with E-state index in [4.69, 9.17) is 23.2 Å². The quantitative estimate of drug-likeness (QED) is 0.485. The minimum atomic E-state index is -0.0460. The van der Waals surface area contributed by atoms with E-state index in [1.165, 1.54) is 11.1 Å². The number of hydrogen-bond acceptors (Lipinski definition) is 0. The minimum absolute atomic E-state index is 0.0460. The van der Waals surface area contributed by atoms with Crippen molar-refractivity contribution in [1.82, 2.24) is 0 Å². The highest BCUT2D eigenvalue weighted by atomic mass is 79.9. The van der Waals surface area contributed by atoms with E-state index < -0.39 is 0 Å². The molecule has 0 unspecified atom stereocenters. The van der Waals surface area contributed by atoms with Crippen LogP contribution in [0.15, 0.2) is 48.5 Å². The predicted octanol–water partition coefficient (Wildman–Crippen LogP) is 6.26. The molecule has 0 aromatic heterocycles. The summed E-state index contributed by atoms with van der Waals surface area (Å²) in [5.74, 6) is 0. The lowest BCUT2D eigenvalue weighted by Crippen LogP contribution is -2.33. The van der Waals surface area contributed by atoms with Gasteiger partial charge in [0.05, 0.1) is 0 Å². The zero-order chi connectivity index (χ0) is 14.6. The molecule has 0 radical (unpaired) electrons. The van der Waals surface area contributed by atoms with Crippen LogP contribution in [0.5, 0.6) is 0 Å². The Morgan fingerprint density at radius 2 is 1.45 bits per heavy atom. The molecule has 2 rings (SSSR count). The molecule has 0 heterocycles. The van der Waals surface area contributed by atoms with Crippen molar-refractivity contribution >= 4 is 55.1 Å². The van der Waals surface area contributed by atoms with Crippen LogP contribution in [-0.4, -0.2) is 10.7 Å². The Bertz CT molecular complexity index is 580. The van der Waals surface area contributed by atoms with Gasteiger partial charge in [-0.2, -0.15) is 0 Å². The average Bonchev–Trinajstić information content (AvgIpc) is 2.45. The third-order valence-corrected chi connectivity index (χ3v) is 6.00. The van der Waals surface area contributed by atoms with Crippen LogP contribution < -0.4 is 0 Å². The zero-order valence-electron chi connectivity index (χ0n) is 10.8. The fourth-order valence-corrected chi connectivity index (χ4v) is 4.62. The Balaban J connectivity index is 2.39. The fraction of sp³-hybridized carbons (Fsp3) is 0.250. The van der Waals surface area contributed by atoms with Crippen LogP contribution in [0.3, 0.4) is 0 Å². The van der Waals surface area contributed by atoms with Crippen molar-refractivity contribution in [3.05, 3.63) is 69.7 Å². The third kappa shape index (κ3) is 3.79. The largest absolute Gasteiger partial charge is 0.0918 e. The van der Waals surface area contributed by atoms with Gasteiger partial charge in [-0.25, -0.2) is 0 Å². The second-order valence-electron chi connectivity index (χ2n) is 4.86. The van der Waals surface area contributed by atoms with Crippen LogP contribution in [0.25, 0.3) is 0 Å². The van der Waals surface area contributed by atoms with Crippen LogP contribution in [0.1, 0.15) is 11.1 Å². The van der Waals surface area contributed by atoms with Crippen molar-refractivity contribution in [2.75, 3.05) is 10.7 Å². The zero-order valence-corrected chi connectivity index (χ0v) is 15.4. The second kappa shape index (κ2) is 7.31. The summed E-state index contributed by atoms with van der Waals surface area (Å²) in [6.07, 6.45) is 0.893. The first-order valence-electron chi connectivity index (χ1n) is 6.22. The Morgan fingerprint density at radius 1 is 0.850 bits per heavy atom. The van der Waals surface area contributed by atoms with Crippen molar-refractivity contribution < 1.29 is 0 Å². The van der Waals surface area contributed by atoms with Gasteiger partial charge in [0.15, 0.2) is 0 Å². The van der Waals surface area contributed by atoms with E-state index >= 15 is 0 Å². The van der Waals surface area contributed by atoms with Crippen molar-refractivity contribution in [2.24, 2.45) is 0 Å². The van der Waals surface area contributed by atoms with E-state index in [2.05, 4.69) is 44.0 Å². The van der Waals surface area contributed by atoms with Gasteiger partial charge in [-0.3, -0.25) is 0 Å². The maximum atomic E-state index is 6.14. The normalized spacial score (nSPS) is 11.6. The molecule has 0 saturated heterocycles. The highest BCUT2D eigenvalue weighted by molar-refractivity contribution is 9.09. The molecule has 2 aromatic carbocycles. The molecule has 0 bridgehead atoms. The standard InChI is InChI=1S/C16H14Br2Cl2/c17-10-16(11-18,13-4-2-6-15(20)8-13)9-12-3-1-5-14(19)7-12/h1-8H,9-11H2. The minimum Gasteiger partial charge on any atom is -0.0918 e. The lowest BCUT2D eigenvalue weighted by atomic mass is 9.79. The molecule has 20 heavy (non-hydrogen) atoms. The van der Waals surface area contributed by atoms with E-state index in [-0.39, 0.29) is 5.41 Å². The van der Waals surface area contributed by atoms with Crippen molar-refractivity contribution in [2.45, 2.75) is 11.8 Å². The summed E-state index contributed by atoms with van der Waals surface area (Å²) >= 11 is 19.6. The molecule has 2 aromatic rings. The molecule has 0 aliphatic carbocycles. The van der Waals surface area contributed by atoms with Crippen LogP contribution >= 0.6 is 55.1 Å². The van der Waals surface area contributed by atoms with E-state index in [1.54, 1.807) is 0 Å². The van der Waals surface area contributed by atoms with Gasteiger partial charge in [0.1, 0.15) is 0 Å². The number of rotatable bonds is 5. The summed E-state index contributed by atoms with van der Waals surface area (Å²) in [7, 11) is 0. The first-order valence-corrected chi connectivity index (χ1v) is 9.22. The SMILES string of the molecule is Clc1cccc(CC(CBr)(CBr)c2cccc(Cl)c2)c1. The number of hydrogen-bond donors (Lipinski definition) is 0. The molecule has 0 atom stereocenters. The molecule has 0 saturated carbocycles. The molecule has 0 nitrogen and oxygen atoms in total. The lowest BCUT2D eigenvalue weighted by Gasteiger charge is -2.31. The molecule has 106 valence electrons. The van der Waals surface area contributed by atoms with E-state index in [0.717, 1.165) is 27.1 Å². The Morgan fingerprint density at radius 3 is 2.00 bits per heavy atom. The van der Waals surface area contributed by atoms with E-state index in [9.17, 15) is 0 Å². The second-order valence-corrected chi connectivity index (χ2v) is 6.86. The van der Waals surface area contributed by atoms with Gasteiger partial charge in [-0.15, -0.1) is 0 Å². The molecule has 0 aliphatic rings. The summed E-state index contributed by atoms with van der Waals surface area (Å²) in [5, 5.41) is 3.22. The van der Waals surface area contributed by atoms with Gasteiger partial charge >= 0.3 is 0 Å². The van der Waals surface area contributed by atoms with E-state index in [1.807, 2.05) is 36.4 Å². The molecule has 0 spiro atoms. The summed E-state index contributed by atoms with van der Waals surface area (Å²) in [5.41, 5.74) is 2.39. The smallest absolute Gasteiger partial charge is 0.0408 e. The summed E-state index contributed by atoms with van der Waals surface area (Å²) in [4.78, 5) is 0. The molecule has 0 amide bonds. The van der Waals surface area contributed by atoms with Gasteiger partial charge in [0.25, 0.3) is 0 Å². The van der Waals surface area contributed by atoms with Crippen LogP contribution in [-0.2, 0) is 11.8 Å². The Kier molecular flexibility index (Phi) is 5.97. The maximum Gasteiger partial charge on any atom is 0.0408 e. The third-order valence-electron chi connectivity index (χ3n) is 3.38. The average molecular weight is 437 g/mol. The summed E-state index contributed by atoms with van der Waals surface area (Å²) in [6, 6.07) is 16.1. The first kappa shape index (κ1) is 16.4. The molecule has 0 fully saturated rings.